The average molecular weight is 422 g/mol. The minimum absolute atomic E-state index is 0.0837. The Morgan fingerprint density at radius 1 is 1.17 bits per heavy atom. The summed E-state index contributed by atoms with van der Waals surface area (Å²) in [6.45, 7) is 7.36. The van der Waals surface area contributed by atoms with E-state index in [9.17, 15) is 19.7 Å². The van der Waals surface area contributed by atoms with Gasteiger partial charge >= 0.3 is 6.03 Å². The quantitative estimate of drug-likeness (QED) is 0.536. The first-order valence-electron chi connectivity index (χ1n) is 9.81. The van der Waals surface area contributed by atoms with Gasteiger partial charge < -0.3 is 25.0 Å². The average Bonchev–Trinajstić information content (AvgIpc) is 2.69. The summed E-state index contributed by atoms with van der Waals surface area (Å²) in [4.78, 5) is 37.4. The fourth-order valence-electron chi connectivity index (χ4n) is 3.27. The lowest BCUT2D eigenvalue weighted by Gasteiger charge is -2.34. The predicted molar refractivity (Wildman–Crippen MR) is 111 cm³/mol. The molecule has 0 aliphatic carbocycles. The van der Waals surface area contributed by atoms with Gasteiger partial charge in [0.05, 0.1) is 25.2 Å². The molecule has 0 saturated carbocycles. The largest absolute Gasteiger partial charge is 0.493 e. The number of amides is 3. The first kappa shape index (κ1) is 23.2. The molecule has 166 valence electrons. The highest BCUT2D eigenvalue weighted by atomic mass is 16.6. The van der Waals surface area contributed by atoms with Crippen LogP contribution in [0.15, 0.2) is 12.1 Å². The second-order valence-electron chi connectivity index (χ2n) is 8.30. The van der Waals surface area contributed by atoms with Crippen molar-refractivity contribution in [2.45, 2.75) is 39.2 Å². The van der Waals surface area contributed by atoms with Crippen molar-refractivity contribution in [2.24, 2.45) is 5.92 Å². The Morgan fingerprint density at radius 2 is 1.73 bits per heavy atom. The number of nitrogens with zero attached hydrogens (tertiary/aromatic N) is 2. The fraction of sp³-hybridized carbons (Fsp3) is 0.600. The van der Waals surface area contributed by atoms with Crippen LogP contribution >= 0.6 is 0 Å². The van der Waals surface area contributed by atoms with E-state index in [4.69, 9.17) is 9.47 Å². The molecule has 2 N–H and O–H groups in total. The number of carbonyl (C=O) groups excluding carboxylic acids is 2. The number of ether oxygens (including phenoxy) is 2. The van der Waals surface area contributed by atoms with Gasteiger partial charge in [0.25, 0.3) is 11.6 Å². The van der Waals surface area contributed by atoms with E-state index in [2.05, 4.69) is 10.6 Å². The molecular weight excluding hydrogens is 392 g/mol. The maximum absolute atomic E-state index is 12.6. The van der Waals surface area contributed by atoms with Crippen molar-refractivity contribution in [1.82, 2.24) is 15.5 Å². The molecule has 0 spiro atoms. The fourth-order valence-corrected chi connectivity index (χ4v) is 3.27. The smallest absolute Gasteiger partial charge is 0.317 e. The number of hydrogen-bond acceptors (Lipinski definition) is 6. The number of nitro benzene ring substituents is 1. The predicted octanol–water partition coefficient (Wildman–Crippen LogP) is 2.56. The van der Waals surface area contributed by atoms with Crippen LogP contribution in [0.5, 0.6) is 11.5 Å². The van der Waals surface area contributed by atoms with Gasteiger partial charge in [-0.15, -0.1) is 0 Å². The van der Waals surface area contributed by atoms with E-state index in [1.165, 1.54) is 26.4 Å². The molecular formula is C20H30N4O6. The first-order chi connectivity index (χ1) is 14.1. The summed E-state index contributed by atoms with van der Waals surface area (Å²) < 4.78 is 10.2. The van der Waals surface area contributed by atoms with Gasteiger partial charge in [-0.25, -0.2) is 4.79 Å². The summed E-state index contributed by atoms with van der Waals surface area (Å²) in [7, 11) is 2.77. The maximum Gasteiger partial charge on any atom is 0.317 e. The third-order valence-corrected chi connectivity index (χ3v) is 4.88. The second-order valence-corrected chi connectivity index (χ2v) is 8.30. The van der Waals surface area contributed by atoms with Crippen LogP contribution in [0.1, 0.15) is 44.0 Å². The number of hydrogen-bond donors (Lipinski definition) is 2. The Labute approximate surface area is 176 Å². The summed E-state index contributed by atoms with van der Waals surface area (Å²) in [6.07, 6.45) is 1.48. The van der Waals surface area contributed by atoms with Crippen LogP contribution in [0.4, 0.5) is 10.5 Å². The molecule has 1 fully saturated rings. The molecule has 0 radical (unpaired) electrons. The van der Waals surface area contributed by atoms with E-state index >= 15 is 0 Å². The monoisotopic (exact) mass is 422 g/mol. The minimum Gasteiger partial charge on any atom is -0.493 e. The number of carbonyl (C=O) groups is 2. The number of rotatable bonds is 6. The second kappa shape index (κ2) is 9.64. The number of urea groups is 1. The van der Waals surface area contributed by atoms with Crippen molar-refractivity contribution in [3.8, 4) is 11.5 Å². The van der Waals surface area contributed by atoms with Gasteiger partial charge in [-0.1, -0.05) is 0 Å². The molecule has 3 amide bonds. The molecule has 1 heterocycles. The summed E-state index contributed by atoms with van der Waals surface area (Å²) in [5, 5.41) is 17.1. The number of likely N-dealkylation sites (tertiary alicyclic amines) is 1. The third-order valence-electron chi connectivity index (χ3n) is 4.88. The Bertz CT molecular complexity index is 797. The minimum atomic E-state index is -0.622. The normalized spacial score (nSPS) is 14.8. The summed E-state index contributed by atoms with van der Waals surface area (Å²) in [5.41, 5.74) is -0.728. The molecule has 10 heteroatoms. The molecule has 1 aliphatic rings. The SMILES string of the molecule is COc1cc(C(=O)NCC2CCN(C(=O)NC(C)(C)C)CC2)c([N+](=O)[O-])cc1OC. The third kappa shape index (κ3) is 5.98. The molecule has 10 nitrogen and oxygen atoms in total. The van der Waals surface area contributed by atoms with Gasteiger partial charge in [-0.05, 0) is 39.5 Å². The van der Waals surface area contributed by atoms with Crippen molar-refractivity contribution in [1.29, 1.82) is 0 Å². The topological polar surface area (TPSA) is 123 Å². The van der Waals surface area contributed by atoms with Gasteiger partial charge in [-0.2, -0.15) is 0 Å². The summed E-state index contributed by atoms with van der Waals surface area (Å²) in [6, 6.07) is 2.40. The molecule has 0 atom stereocenters. The van der Waals surface area contributed by atoms with Gasteiger partial charge in [0.1, 0.15) is 5.56 Å². The van der Waals surface area contributed by atoms with E-state index in [0.717, 1.165) is 12.8 Å². The van der Waals surface area contributed by atoms with Crippen LogP contribution in [0, 0.1) is 16.0 Å². The van der Waals surface area contributed by atoms with E-state index < -0.39 is 10.8 Å². The van der Waals surface area contributed by atoms with Gasteiger partial charge in [0.15, 0.2) is 11.5 Å². The van der Waals surface area contributed by atoms with E-state index in [1.54, 1.807) is 4.90 Å². The lowest BCUT2D eigenvalue weighted by molar-refractivity contribution is -0.385. The molecule has 1 aliphatic heterocycles. The number of piperidine rings is 1. The molecule has 0 unspecified atom stereocenters. The van der Waals surface area contributed by atoms with Gasteiger partial charge in [0, 0.05) is 31.2 Å². The molecule has 1 saturated heterocycles. The Hall–Kier alpha value is -3.04. The van der Waals surface area contributed by atoms with E-state index in [0.29, 0.717) is 19.6 Å². The number of nitro groups is 1. The van der Waals surface area contributed by atoms with Crippen molar-refractivity contribution in [3.05, 3.63) is 27.8 Å². The molecule has 30 heavy (non-hydrogen) atoms. The summed E-state index contributed by atoms with van der Waals surface area (Å²) >= 11 is 0. The van der Waals surface area contributed by atoms with Crippen molar-refractivity contribution < 1.29 is 24.0 Å². The van der Waals surface area contributed by atoms with Crippen molar-refractivity contribution >= 4 is 17.6 Å². The van der Waals surface area contributed by atoms with Crippen LogP contribution in [0.25, 0.3) is 0 Å². The Kier molecular flexibility index (Phi) is 7.47. The van der Waals surface area contributed by atoms with Gasteiger partial charge in [0.2, 0.25) is 0 Å². The Morgan fingerprint density at radius 3 is 2.23 bits per heavy atom. The molecule has 1 aromatic rings. The molecule has 1 aromatic carbocycles. The molecule has 0 aromatic heterocycles. The highest BCUT2D eigenvalue weighted by Crippen LogP contribution is 2.34. The van der Waals surface area contributed by atoms with Gasteiger partial charge in [-0.3, -0.25) is 14.9 Å². The zero-order valence-electron chi connectivity index (χ0n) is 18.1. The zero-order chi connectivity index (χ0) is 22.5. The molecule has 0 bridgehead atoms. The number of methoxy groups -OCH3 is 2. The van der Waals surface area contributed by atoms with Crippen LogP contribution < -0.4 is 20.1 Å². The molecule has 2 rings (SSSR count). The first-order valence-corrected chi connectivity index (χ1v) is 9.81. The van der Waals surface area contributed by atoms with Crippen LogP contribution in [0.3, 0.4) is 0 Å². The van der Waals surface area contributed by atoms with Crippen LogP contribution in [0.2, 0.25) is 0 Å². The van der Waals surface area contributed by atoms with Crippen molar-refractivity contribution in [3.63, 3.8) is 0 Å². The summed E-state index contributed by atoms with van der Waals surface area (Å²) in [5.74, 6) is 0.0652. The standard InChI is InChI=1S/C20H30N4O6/c1-20(2,3)22-19(26)23-8-6-13(7-9-23)12-21-18(25)14-10-16(29-4)17(30-5)11-15(14)24(27)28/h10-11,13H,6-9,12H2,1-5H3,(H,21,25)(H,22,26). The highest BCUT2D eigenvalue weighted by molar-refractivity contribution is 5.99. The number of benzene rings is 1. The highest BCUT2D eigenvalue weighted by Gasteiger charge is 2.27. The van der Waals surface area contributed by atoms with Crippen LogP contribution in [-0.4, -0.2) is 61.2 Å². The lowest BCUT2D eigenvalue weighted by Crippen LogP contribution is -2.51. The number of nitrogens with one attached hydrogen (secondary N) is 2. The zero-order valence-corrected chi connectivity index (χ0v) is 18.1. The van der Waals surface area contributed by atoms with E-state index in [-0.39, 0.29) is 40.2 Å². The van der Waals surface area contributed by atoms with Crippen molar-refractivity contribution in [2.75, 3.05) is 33.9 Å². The Balaban J connectivity index is 1.97. The maximum atomic E-state index is 12.6. The van der Waals surface area contributed by atoms with E-state index in [1.807, 2.05) is 20.8 Å². The lowest BCUT2D eigenvalue weighted by atomic mass is 9.96. The van der Waals surface area contributed by atoms with Crippen LogP contribution in [-0.2, 0) is 0 Å².